The van der Waals surface area contributed by atoms with Crippen LogP contribution in [0.15, 0.2) is 0 Å². The van der Waals surface area contributed by atoms with Gasteiger partial charge in [0.15, 0.2) is 5.82 Å². The molecule has 1 aliphatic rings. The number of hydrogen-bond acceptors (Lipinski definition) is 5. The summed E-state index contributed by atoms with van der Waals surface area (Å²) in [5.74, 6) is 0.400. The minimum Gasteiger partial charge on any atom is -0.368 e. The second kappa shape index (κ2) is 4.89. The van der Waals surface area contributed by atoms with Gasteiger partial charge in [-0.15, -0.1) is 5.10 Å². The highest BCUT2D eigenvalue weighted by molar-refractivity contribution is 5.84. The summed E-state index contributed by atoms with van der Waals surface area (Å²) < 4.78 is 0. The molecule has 4 N–H and O–H groups in total. The average molecular weight is 249 g/mol. The van der Waals surface area contributed by atoms with Gasteiger partial charge < -0.3 is 16.4 Å². The van der Waals surface area contributed by atoms with Gasteiger partial charge in [-0.3, -0.25) is 4.79 Å². The molecule has 0 spiro atoms. The maximum atomic E-state index is 11.4. The van der Waals surface area contributed by atoms with Gasteiger partial charge in [0.05, 0.1) is 5.69 Å². The van der Waals surface area contributed by atoms with Crippen molar-refractivity contribution in [2.75, 3.05) is 11.4 Å². The van der Waals surface area contributed by atoms with Crippen molar-refractivity contribution in [1.29, 1.82) is 0 Å². The third kappa shape index (κ3) is 2.03. The molecule has 18 heavy (non-hydrogen) atoms. The molecule has 98 valence electrons. The van der Waals surface area contributed by atoms with Gasteiger partial charge in [-0.1, -0.05) is 0 Å². The molecule has 1 atom stereocenters. The van der Waals surface area contributed by atoms with Crippen molar-refractivity contribution < 1.29 is 4.79 Å². The zero-order chi connectivity index (χ0) is 13.3. The first-order chi connectivity index (χ1) is 8.56. The molecule has 1 fully saturated rings. The lowest BCUT2D eigenvalue weighted by molar-refractivity contribution is -0.119. The van der Waals surface area contributed by atoms with Gasteiger partial charge in [0.25, 0.3) is 0 Å². The molecule has 1 aromatic heterocycles. The molecule has 0 aromatic carbocycles. The van der Waals surface area contributed by atoms with Crippen LogP contribution in [-0.4, -0.2) is 28.7 Å². The molecule has 2 rings (SSSR count). The van der Waals surface area contributed by atoms with E-state index in [4.69, 9.17) is 11.5 Å². The van der Waals surface area contributed by atoms with Crippen LogP contribution in [0, 0.1) is 13.8 Å². The summed E-state index contributed by atoms with van der Waals surface area (Å²) in [6, 6.07) is -0.285. The van der Waals surface area contributed by atoms with Crippen molar-refractivity contribution in [3.8, 4) is 0 Å². The molecule has 0 saturated carbocycles. The molecule has 1 aliphatic heterocycles. The Morgan fingerprint density at radius 3 is 2.78 bits per heavy atom. The lowest BCUT2D eigenvalue weighted by Gasteiger charge is -2.25. The van der Waals surface area contributed by atoms with Crippen molar-refractivity contribution in [3.63, 3.8) is 0 Å². The smallest absolute Gasteiger partial charge is 0.240 e. The Kier molecular flexibility index (Phi) is 3.47. The fourth-order valence-electron chi connectivity index (χ4n) is 2.43. The van der Waals surface area contributed by atoms with Crippen molar-refractivity contribution in [1.82, 2.24) is 10.2 Å². The largest absolute Gasteiger partial charge is 0.368 e. The Hall–Kier alpha value is -1.69. The summed E-state index contributed by atoms with van der Waals surface area (Å²) in [4.78, 5) is 13.4. The summed E-state index contributed by atoms with van der Waals surface area (Å²) in [7, 11) is 0. The van der Waals surface area contributed by atoms with Gasteiger partial charge >= 0.3 is 0 Å². The number of carbonyl (C=O) groups is 1. The van der Waals surface area contributed by atoms with Gasteiger partial charge in [-0.05, 0) is 32.3 Å². The van der Waals surface area contributed by atoms with E-state index >= 15 is 0 Å². The Labute approximate surface area is 106 Å². The molecule has 0 radical (unpaired) electrons. The number of rotatable bonds is 3. The third-order valence-corrected chi connectivity index (χ3v) is 3.62. The molecular weight excluding hydrogens is 230 g/mol. The number of hydrogen-bond donors (Lipinski definition) is 2. The average Bonchev–Trinajstić information content (AvgIpc) is 2.81. The highest BCUT2D eigenvalue weighted by Gasteiger charge is 2.32. The van der Waals surface area contributed by atoms with E-state index in [9.17, 15) is 4.79 Å². The number of carbonyl (C=O) groups excluding carboxylic acids is 1. The lowest BCUT2D eigenvalue weighted by atomic mass is 10.1. The van der Waals surface area contributed by atoms with Crippen LogP contribution in [0.2, 0.25) is 0 Å². The van der Waals surface area contributed by atoms with Crippen LogP contribution in [0.3, 0.4) is 0 Å². The Bertz CT molecular complexity index is 474. The number of aromatic nitrogens is 2. The monoisotopic (exact) mass is 249 g/mol. The van der Waals surface area contributed by atoms with Crippen LogP contribution in [-0.2, 0) is 11.3 Å². The van der Waals surface area contributed by atoms with Gasteiger partial charge in [-0.25, -0.2) is 0 Å². The SMILES string of the molecule is Cc1nnc(N2CCCC2C(N)=O)c(CN)c1C. The van der Waals surface area contributed by atoms with E-state index in [0.29, 0.717) is 12.4 Å². The zero-order valence-corrected chi connectivity index (χ0v) is 10.8. The molecule has 6 nitrogen and oxygen atoms in total. The van der Waals surface area contributed by atoms with Crippen LogP contribution in [0.25, 0.3) is 0 Å². The second-order valence-electron chi connectivity index (χ2n) is 4.67. The quantitative estimate of drug-likeness (QED) is 0.786. The summed E-state index contributed by atoms with van der Waals surface area (Å²) in [6.07, 6.45) is 1.71. The maximum Gasteiger partial charge on any atom is 0.240 e. The van der Waals surface area contributed by atoms with Crippen molar-refractivity contribution in [2.45, 2.75) is 39.3 Å². The van der Waals surface area contributed by atoms with Gasteiger partial charge in [-0.2, -0.15) is 5.10 Å². The summed E-state index contributed by atoms with van der Waals surface area (Å²) in [6.45, 7) is 5.04. The molecule has 6 heteroatoms. The van der Waals surface area contributed by atoms with Gasteiger partial charge in [0, 0.05) is 18.7 Å². The van der Waals surface area contributed by atoms with E-state index in [1.54, 1.807) is 0 Å². The van der Waals surface area contributed by atoms with E-state index < -0.39 is 0 Å². The molecular formula is C12H19N5O. The highest BCUT2D eigenvalue weighted by atomic mass is 16.1. The summed E-state index contributed by atoms with van der Waals surface area (Å²) >= 11 is 0. The Balaban J connectivity index is 2.44. The fraction of sp³-hybridized carbons (Fsp3) is 0.583. The van der Waals surface area contributed by atoms with Crippen LogP contribution in [0.1, 0.15) is 29.7 Å². The minimum atomic E-state index is -0.310. The van der Waals surface area contributed by atoms with Crippen LogP contribution < -0.4 is 16.4 Å². The fourth-order valence-corrected chi connectivity index (χ4v) is 2.43. The van der Waals surface area contributed by atoms with Crippen LogP contribution in [0.5, 0.6) is 0 Å². The van der Waals surface area contributed by atoms with E-state index in [-0.39, 0.29) is 11.9 Å². The van der Waals surface area contributed by atoms with E-state index in [1.165, 1.54) is 0 Å². The second-order valence-corrected chi connectivity index (χ2v) is 4.67. The Morgan fingerprint density at radius 1 is 1.44 bits per heavy atom. The van der Waals surface area contributed by atoms with Crippen LogP contribution in [0.4, 0.5) is 5.82 Å². The number of nitrogens with two attached hydrogens (primary N) is 2. The number of amides is 1. The first kappa shape index (κ1) is 12.8. The van der Waals surface area contributed by atoms with Crippen molar-refractivity contribution >= 4 is 11.7 Å². The molecule has 1 aromatic rings. The summed E-state index contributed by atoms with van der Waals surface area (Å²) in [5, 5.41) is 8.34. The van der Waals surface area contributed by atoms with E-state index in [0.717, 1.165) is 36.2 Å². The topological polar surface area (TPSA) is 98.1 Å². The molecule has 1 unspecified atom stereocenters. The number of aryl methyl sites for hydroxylation is 1. The van der Waals surface area contributed by atoms with Crippen LogP contribution >= 0.6 is 0 Å². The third-order valence-electron chi connectivity index (χ3n) is 3.62. The predicted molar refractivity (Wildman–Crippen MR) is 69.0 cm³/mol. The number of nitrogens with zero attached hydrogens (tertiary/aromatic N) is 3. The van der Waals surface area contributed by atoms with Crippen molar-refractivity contribution in [3.05, 3.63) is 16.8 Å². The van der Waals surface area contributed by atoms with E-state index in [2.05, 4.69) is 10.2 Å². The lowest BCUT2D eigenvalue weighted by Crippen LogP contribution is -2.41. The first-order valence-electron chi connectivity index (χ1n) is 6.15. The number of anilines is 1. The molecule has 1 saturated heterocycles. The minimum absolute atomic E-state index is 0.285. The zero-order valence-electron chi connectivity index (χ0n) is 10.8. The molecule has 0 aliphatic carbocycles. The summed E-state index contributed by atoms with van der Waals surface area (Å²) in [5.41, 5.74) is 14.1. The predicted octanol–water partition coefficient (Wildman–Crippen LogP) is 0.00624. The van der Waals surface area contributed by atoms with Gasteiger partial charge in [0.1, 0.15) is 6.04 Å². The first-order valence-corrected chi connectivity index (χ1v) is 6.15. The van der Waals surface area contributed by atoms with E-state index in [1.807, 2.05) is 18.7 Å². The number of primary amides is 1. The Morgan fingerprint density at radius 2 is 2.17 bits per heavy atom. The van der Waals surface area contributed by atoms with Gasteiger partial charge in [0.2, 0.25) is 5.91 Å². The molecule has 2 heterocycles. The highest BCUT2D eigenvalue weighted by Crippen LogP contribution is 2.28. The van der Waals surface area contributed by atoms with Crippen molar-refractivity contribution in [2.24, 2.45) is 11.5 Å². The standard InChI is InChI=1S/C12H19N5O/c1-7-8(2)15-16-12(9(7)6-13)17-5-3-4-10(17)11(14)18/h10H,3-6,13H2,1-2H3,(H2,14,18). The molecule has 0 bridgehead atoms. The molecule has 1 amide bonds. The normalized spacial score (nSPS) is 19.3. The maximum absolute atomic E-state index is 11.4.